The number of hydrogen-bond donors (Lipinski definition) is 2. The van der Waals surface area contributed by atoms with Crippen LogP contribution in [0.15, 0.2) is 46.0 Å². The SMILES string of the molecule is Cc1cc(NC(=O)CSc2nnc(CC(=O)Nc3ccc(Cl)c(Cl)c3)n2C)ccc1Br. The predicted octanol–water partition coefficient (Wildman–Crippen LogP) is 5.10. The maximum atomic E-state index is 12.3. The van der Waals surface area contributed by atoms with Gasteiger partial charge in [-0.15, -0.1) is 10.2 Å². The molecule has 1 heterocycles. The van der Waals surface area contributed by atoms with Gasteiger partial charge in [-0.2, -0.15) is 0 Å². The minimum atomic E-state index is -0.270. The van der Waals surface area contributed by atoms with Crippen LogP contribution in [-0.2, 0) is 23.1 Å². The van der Waals surface area contributed by atoms with Gasteiger partial charge in [0.2, 0.25) is 11.8 Å². The Hall–Kier alpha value is -2.07. The van der Waals surface area contributed by atoms with Crippen LogP contribution in [-0.4, -0.2) is 32.3 Å². The summed E-state index contributed by atoms with van der Waals surface area (Å²) in [7, 11) is 1.75. The Bertz CT molecular complexity index is 1140. The molecular weight excluding hydrogens is 525 g/mol. The second kappa shape index (κ2) is 10.5. The Morgan fingerprint density at radius 2 is 1.71 bits per heavy atom. The number of aryl methyl sites for hydroxylation is 1. The highest BCUT2D eigenvalue weighted by Gasteiger charge is 2.15. The Kier molecular flexibility index (Phi) is 7.99. The number of halogens is 3. The zero-order chi connectivity index (χ0) is 22.5. The molecule has 2 amide bonds. The lowest BCUT2D eigenvalue weighted by atomic mass is 10.2. The second-order valence-corrected chi connectivity index (χ2v) is 9.22. The first-order chi connectivity index (χ1) is 14.7. The second-order valence-electron chi connectivity index (χ2n) is 6.61. The summed E-state index contributed by atoms with van der Waals surface area (Å²) < 4.78 is 2.67. The van der Waals surface area contributed by atoms with Crippen LogP contribution in [0.25, 0.3) is 0 Å². The highest BCUT2D eigenvalue weighted by atomic mass is 79.9. The van der Waals surface area contributed by atoms with E-state index in [1.165, 1.54) is 11.8 Å². The molecule has 1 aromatic heterocycles. The molecule has 2 N–H and O–H groups in total. The lowest BCUT2D eigenvalue weighted by Gasteiger charge is -2.08. The van der Waals surface area contributed by atoms with Gasteiger partial charge in [0.15, 0.2) is 5.16 Å². The number of amides is 2. The van der Waals surface area contributed by atoms with Gasteiger partial charge < -0.3 is 15.2 Å². The molecule has 0 aliphatic carbocycles. The maximum absolute atomic E-state index is 12.3. The standard InChI is InChI=1S/C20H18BrCl2N5O2S/c1-11-7-12(3-5-14(11)21)25-19(30)10-31-20-27-26-17(28(20)2)9-18(29)24-13-4-6-15(22)16(23)8-13/h3-8H,9-10H2,1-2H3,(H,24,29)(H,25,30). The van der Waals surface area contributed by atoms with Gasteiger partial charge in [-0.1, -0.05) is 50.9 Å². The Morgan fingerprint density at radius 1 is 1.03 bits per heavy atom. The highest BCUT2D eigenvalue weighted by molar-refractivity contribution is 9.10. The smallest absolute Gasteiger partial charge is 0.234 e. The Labute approximate surface area is 202 Å². The monoisotopic (exact) mass is 541 g/mol. The van der Waals surface area contributed by atoms with Crippen molar-refractivity contribution in [1.82, 2.24) is 14.8 Å². The van der Waals surface area contributed by atoms with Crippen molar-refractivity contribution in [2.24, 2.45) is 7.05 Å². The maximum Gasteiger partial charge on any atom is 0.234 e. The van der Waals surface area contributed by atoms with Crippen molar-refractivity contribution in [3.63, 3.8) is 0 Å². The average molecular weight is 543 g/mol. The summed E-state index contributed by atoms with van der Waals surface area (Å²) >= 11 is 16.5. The molecule has 0 aliphatic rings. The van der Waals surface area contributed by atoms with Crippen molar-refractivity contribution in [3.8, 4) is 0 Å². The summed E-state index contributed by atoms with van der Waals surface area (Å²) in [4.78, 5) is 24.6. The molecule has 7 nitrogen and oxygen atoms in total. The highest BCUT2D eigenvalue weighted by Crippen LogP contribution is 2.25. The normalized spacial score (nSPS) is 10.7. The first-order valence-corrected chi connectivity index (χ1v) is 11.6. The third-order valence-corrected chi connectivity index (χ3v) is 6.87. The molecule has 0 saturated carbocycles. The van der Waals surface area contributed by atoms with Gasteiger partial charge in [-0.3, -0.25) is 9.59 Å². The lowest BCUT2D eigenvalue weighted by Crippen LogP contribution is -2.17. The summed E-state index contributed by atoms with van der Waals surface area (Å²) in [5.74, 6) is 0.211. The minimum Gasteiger partial charge on any atom is -0.326 e. The zero-order valence-electron chi connectivity index (χ0n) is 16.6. The predicted molar refractivity (Wildman–Crippen MR) is 128 cm³/mol. The molecule has 0 unspecified atom stereocenters. The van der Waals surface area contributed by atoms with Crippen LogP contribution in [0.2, 0.25) is 10.0 Å². The van der Waals surface area contributed by atoms with Crippen molar-refractivity contribution in [2.45, 2.75) is 18.5 Å². The third kappa shape index (κ3) is 6.46. The van der Waals surface area contributed by atoms with Gasteiger partial charge in [0.05, 0.1) is 22.2 Å². The number of hydrogen-bond acceptors (Lipinski definition) is 5. The van der Waals surface area contributed by atoms with E-state index in [2.05, 4.69) is 36.8 Å². The van der Waals surface area contributed by atoms with Crippen molar-refractivity contribution in [3.05, 3.63) is 62.3 Å². The molecule has 162 valence electrons. The van der Waals surface area contributed by atoms with Crippen LogP contribution >= 0.6 is 50.9 Å². The number of rotatable bonds is 7. The number of carbonyl (C=O) groups is 2. The van der Waals surface area contributed by atoms with Crippen molar-refractivity contribution < 1.29 is 9.59 Å². The fraction of sp³-hybridized carbons (Fsp3) is 0.200. The summed E-state index contributed by atoms with van der Waals surface area (Å²) in [6, 6.07) is 10.4. The molecule has 3 aromatic rings. The van der Waals surface area contributed by atoms with E-state index in [0.717, 1.165) is 15.7 Å². The molecule has 2 aromatic carbocycles. The van der Waals surface area contributed by atoms with E-state index >= 15 is 0 Å². The largest absolute Gasteiger partial charge is 0.326 e. The molecule has 0 aliphatic heterocycles. The van der Waals surface area contributed by atoms with Crippen LogP contribution < -0.4 is 10.6 Å². The quantitative estimate of drug-likeness (QED) is 0.405. The molecular formula is C20H18BrCl2N5O2S. The summed E-state index contributed by atoms with van der Waals surface area (Å²) in [6.07, 6.45) is 0.0225. The van der Waals surface area contributed by atoms with Gasteiger partial charge in [-0.05, 0) is 48.9 Å². The van der Waals surface area contributed by atoms with Crippen molar-refractivity contribution in [2.75, 3.05) is 16.4 Å². The Balaban J connectivity index is 1.54. The average Bonchev–Trinajstić information content (AvgIpc) is 3.05. The third-order valence-electron chi connectivity index (χ3n) is 4.22. The number of thioether (sulfide) groups is 1. The number of carbonyl (C=O) groups excluding carboxylic acids is 2. The fourth-order valence-corrected chi connectivity index (χ4v) is 3.87. The zero-order valence-corrected chi connectivity index (χ0v) is 20.5. The first kappa shape index (κ1) is 23.6. The first-order valence-electron chi connectivity index (χ1n) is 9.05. The van der Waals surface area contributed by atoms with Gasteiger partial charge in [0.1, 0.15) is 5.82 Å². The summed E-state index contributed by atoms with van der Waals surface area (Å²) in [5, 5.41) is 15.0. The molecule has 0 bridgehead atoms. The van der Waals surface area contributed by atoms with E-state index in [1.54, 1.807) is 29.8 Å². The van der Waals surface area contributed by atoms with Crippen molar-refractivity contribution in [1.29, 1.82) is 0 Å². The van der Waals surface area contributed by atoms with E-state index < -0.39 is 0 Å². The van der Waals surface area contributed by atoms with Crippen LogP contribution in [0.1, 0.15) is 11.4 Å². The van der Waals surface area contributed by atoms with Crippen LogP contribution in [0.3, 0.4) is 0 Å². The van der Waals surface area contributed by atoms with E-state index in [1.807, 2.05) is 25.1 Å². The molecule has 0 saturated heterocycles. The molecule has 0 spiro atoms. The van der Waals surface area contributed by atoms with Gasteiger partial charge in [-0.25, -0.2) is 0 Å². The van der Waals surface area contributed by atoms with Gasteiger partial charge >= 0.3 is 0 Å². The molecule has 0 radical (unpaired) electrons. The molecule has 0 fully saturated rings. The van der Waals surface area contributed by atoms with Crippen molar-refractivity contribution >= 4 is 74.1 Å². The minimum absolute atomic E-state index is 0.0225. The number of benzene rings is 2. The molecule has 0 atom stereocenters. The van der Waals surface area contributed by atoms with Crippen LogP contribution in [0, 0.1) is 6.92 Å². The van der Waals surface area contributed by atoms with Gasteiger partial charge in [0.25, 0.3) is 0 Å². The molecule has 31 heavy (non-hydrogen) atoms. The van der Waals surface area contributed by atoms with E-state index in [4.69, 9.17) is 23.2 Å². The molecule has 3 rings (SSSR count). The number of nitrogens with zero attached hydrogens (tertiary/aromatic N) is 3. The van der Waals surface area contributed by atoms with E-state index in [0.29, 0.717) is 26.7 Å². The number of anilines is 2. The van der Waals surface area contributed by atoms with E-state index in [9.17, 15) is 9.59 Å². The lowest BCUT2D eigenvalue weighted by molar-refractivity contribution is -0.116. The topological polar surface area (TPSA) is 88.9 Å². The molecule has 11 heteroatoms. The summed E-state index contributed by atoms with van der Waals surface area (Å²) in [5.41, 5.74) is 2.29. The van der Waals surface area contributed by atoms with Crippen LogP contribution in [0.5, 0.6) is 0 Å². The van der Waals surface area contributed by atoms with Gasteiger partial charge in [0, 0.05) is 22.9 Å². The van der Waals surface area contributed by atoms with E-state index in [-0.39, 0.29) is 24.0 Å². The number of nitrogens with one attached hydrogen (secondary N) is 2. The number of aromatic nitrogens is 3. The Morgan fingerprint density at radius 3 is 2.42 bits per heavy atom. The summed E-state index contributed by atoms with van der Waals surface area (Å²) in [6.45, 7) is 1.95. The fourth-order valence-electron chi connectivity index (χ4n) is 2.60. The van der Waals surface area contributed by atoms with Crippen LogP contribution in [0.4, 0.5) is 11.4 Å².